The fourth-order valence-corrected chi connectivity index (χ4v) is 4.07. The fourth-order valence-electron chi connectivity index (χ4n) is 4.07. The van der Waals surface area contributed by atoms with Crippen molar-refractivity contribution in [3.63, 3.8) is 0 Å². The minimum atomic E-state index is -0.825. The Balaban J connectivity index is 3.60. The fraction of sp³-hybridized carbons (Fsp3) is 0.690. The van der Waals surface area contributed by atoms with Crippen LogP contribution in [0.5, 0.6) is 0 Å². The summed E-state index contributed by atoms with van der Waals surface area (Å²) in [6.07, 6.45) is 1.63. The molecule has 0 bridgehead atoms. The Bertz CT molecular complexity index is 879. The lowest BCUT2D eigenvalue weighted by Gasteiger charge is -2.37. The predicted molar refractivity (Wildman–Crippen MR) is 146 cm³/mol. The van der Waals surface area contributed by atoms with Gasteiger partial charge in [-0.05, 0) is 73.3 Å². The molecule has 0 saturated carbocycles. The largest absolute Gasteiger partial charge is 0.444 e. The molecule has 3 amide bonds. The SMILES string of the molecule is CCCCN(C(=O)C(NC(=O)OC(C)(C)C)C(C)CC)C(C(=O)NC(C)(C)C)c1cc(C)cc(C)c1. The van der Waals surface area contributed by atoms with E-state index in [9.17, 15) is 14.4 Å². The van der Waals surface area contributed by atoms with E-state index in [0.717, 1.165) is 29.5 Å². The number of carbonyl (C=O) groups is 3. The minimum Gasteiger partial charge on any atom is -0.444 e. The third kappa shape index (κ3) is 10.2. The van der Waals surface area contributed by atoms with Gasteiger partial charge in [-0.25, -0.2) is 4.79 Å². The third-order valence-corrected chi connectivity index (χ3v) is 5.80. The molecule has 1 aromatic carbocycles. The maximum atomic E-state index is 14.2. The number of rotatable bonds is 10. The molecule has 0 aromatic heterocycles. The second kappa shape index (κ2) is 13.1. The molecule has 0 heterocycles. The Hall–Kier alpha value is -2.57. The highest BCUT2D eigenvalue weighted by molar-refractivity contribution is 5.92. The van der Waals surface area contributed by atoms with Crippen LogP contribution >= 0.6 is 0 Å². The second-order valence-electron chi connectivity index (χ2n) is 12.0. The van der Waals surface area contributed by atoms with Gasteiger partial charge < -0.3 is 20.3 Å². The van der Waals surface area contributed by atoms with Gasteiger partial charge in [0.05, 0.1) is 0 Å². The van der Waals surface area contributed by atoms with Crippen LogP contribution in [0.4, 0.5) is 4.79 Å². The monoisotopic (exact) mass is 503 g/mol. The molecule has 3 unspecified atom stereocenters. The van der Waals surface area contributed by atoms with Crippen LogP contribution in [0.25, 0.3) is 0 Å². The molecule has 3 atom stereocenters. The molecule has 0 aliphatic rings. The zero-order valence-corrected chi connectivity index (χ0v) is 24.4. The maximum Gasteiger partial charge on any atom is 0.408 e. The van der Waals surface area contributed by atoms with Crippen LogP contribution in [0.2, 0.25) is 0 Å². The number of hydrogen-bond acceptors (Lipinski definition) is 4. The Morgan fingerprint density at radius 3 is 1.97 bits per heavy atom. The molecule has 0 aliphatic heterocycles. The van der Waals surface area contributed by atoms with E-state index >= 15 is 0 Å². The lowest BCUT2D eigenvalue weighted by Crippen LogP contribution is -2.56. The van der Waals surface area contributed by atoms with E-state index in [4.69, 9.17) is 4.74 Å². The molecule has 36 heavy (non-hydrogen) atoms. The Morgan fingerprint density at radius 2 is 1.53 bits per heavy atom. The van der Waals surface area contributed by atoms with Crippen molar-refractivity contribution in [1.29, 1.82) is 0 Å². The summed E-state index contributed by atoms with van der Waals surface area (Å²) < 4.78 is 5.46. The van der Waals surface area contributed by atoms with Gasteiger partial charge in [0.1, 0.15) is 17.7 Å². The van der Waals surface area contributed by atoms with Crippen molar-refractivity contribution in [2.75, 3.05) is 6.54 Å². The van der Waals surface area contributed by atoms with Gasteiger partial charge in [-0.1, -0.05) is 62.9 Å². The number of unbranched alkanes of at least 4 members (excludes halogenated alkanes) is 1. The maximum absolute atomic E-state index is 14.2. The molecule has 0 aliphatic carbocycles. The van der Waals surface area contributed by atoms with Crippen molar-refractivity contribution in [1.82, 2.24) is 15.5 Å². The van der Waals surface area contributed by atoms with Gasteiger partial charge in [-0.15, -0.1) is 0 Å². The number of ether oxygens (including phenoxy) is 1. The molecule has 0 fully saturated rings. The van der Waals surface area contributed by atoms with E-state index < -0.39 is 29.3 Å². The van der Waals surface area contributed by atoms with E-state index in [-0.39, 0.29) is 17.7 Å². The lowest BCUT2D eigenvalue weighted by atomic mass is 9.94. The molecule has 0 radical (unpaired) electrons. The van der Waals surface area contributed by atoms with Crippen molar-refractivity contribution in [2.24, 2.45) is 5.92 Å². The highest BCUT2D eigenvalue weighted by Gasteiger charge is 2.38. The van der Waals surface area contributed by atoms with E-state index in [2.05, 4.69) is 17.6 Å². The summed E-state index contributed by atoms with van der Waals surface area (Å²) in [4.78, 5) is 42.3. The molecule has 0 saturated heterocycles. The summed E-state index contributed by atoms with van der Waals surface area (Å²) in [6, 6.07) is 4.33. The predicted octanol–water partition coefficient (Wildman–Crippen LogP) is 5.83. The Kier molecular flexibility index (Phi) is 11.5. The van der Waals surface area contributed by atoms with Crippen LogP contribution in [0.3, 0.4) is 0 Å². The molecule has 0 spiro atoms. The second-order valence-corrected chi connectivity index (χ2v) is 12.0. The van der Waals surface area contributed by atoms with E-state index in [0.29, 0.717) is 13.0 Å². The first kappa shape index (κ1) is 31.5. The van der Waals surface area contributed by atoms with Crippen molar-refractivity contribution >= 4 is 17.9 Å². The average molecular weight is 504 g/mol. The number of alkyl carbamates (subject to hydrolysis) is 1. The molecule has 7 nitrogen and oxygen atoms in total. The number of nitrogens with zero attached hydrogens (tertiary/aromatic N) is 1. The number of amides is 3. The first-order valence-electron chi connectivity index (χ1n) is 13.2. The van der Waals surface area contributed by atoms with Crippen LogP contribution in [0.15, 0.2) is 18.2 Å². The highest BCUT2D eigenvalue weighted by atomic mass is 16.6. The Labute approximate surface area is 218 Å². The summed E-state index contributed by atoms with van der Waals surface area (Å²) in [5, 5.41) is 5.89. The van der Waals surface area contributed by atoms with Crippen LogP contribution < -0.4 is 10.6 Å². The zero-order valence-electron chi connectivity index (χ0n) is 24.4. The normalized spacial score (nSPS) is 14.4. The van der Waals surface area contributed by atoms with Crippen LogP contribution in [-0.4, -0.2) is 46.5 Å². The van der Waals surface area contributed by atoms with Crippen molar-refractivity contribution in [3.05, 3.63) is 34.9 Å². The van der Waals surface area contributed by atoms with Crippen LogP contribution in [-0.2, 0) is 14.3 Å². The summed E-state index contributed by atoms with van der Waals surface area (Å²) in [5.74, 6) is -0.672. The number of hydrogen-bond donors (Lipinski definition) is 2. The zero-order chi connectivity index (χ0) is 27.8. The topological polar surface area (TPSA) is 87.7 Å². The first-order chi connectivity index (χ1) is 16.5. The molecule has 1 aromatic rings. The number of nitrogens with one attached hydrogen (secondary N) is 2. The Morgan fingerprint density at radius 1 is 0.972 bits per heavy atom. The van der Waals surface area contributed by atoms with Gasteiger partial charge in [0, 0.05) is 12.1 Å². The highest BCUT2D eigenvalue weighted by Crippen LogP contribution is 2.27. The smallest absolute Gasteiger partial charge is 0.408 e. The van der Waals surface area contributed by atoms with Gasteiger partial charge in [-0.3, -0.25) is 9.59 Å². The van der Waals surface area contributed by atoms with Crippen molar-refractivity contribution in [2.45, 2.75) is 119 Å². The molecule has 2 N–H and O–H groups in total. The third-order valence-electron chi connectivity index (χ3n) is 5.80. The standard InChI is InChI=1S/C29H49N3O4/c1-12-14-15-32(26(34)23(21(5)13-2)30-27(35)36-29(9,10)11)24(25(33)31-28(6,7)8)22-17-19(3)16-20(4)18-22/h16-18,21,23-24H,12-15H2,1-11H3,(H,30,35)(H,31,33). The molecular weight excluding hydrogens is 454 g/mol. The number of aryl methyl sites for hydroxylation is 2. The van der Waals surface area contributed by atoms with Gasteiger partial charge in [0.25, 0.3) is 0 Å². The molecule has 204 valence electrons. The van der Waals surface area contributed by atoms with E-state index in [1.54, 1.807) is 25.7 Å². The molecule has 1 rings (SSSR count). The number of carbonyl (C=O) groups excluding carboxylic acids is 3. The average Bonchev–Trinajstić information content (AvgIpc) is 2.70. The summed E-state index contributed by atoms with van der Waals surface area (Å²) in [5.41, 5.74) is 1.64. The van der Waals surface area contributed by atoms with Gasteiger partial charge in [0.2, 0.25) is 11.8 Å². The van der Waals surface area contributed by atoms with E-state index in [1.165, 1.54) is 0 Å². The minimum absolute atomic E-state index is 0.153. The summed E-state index contributed by atoms with van der Waals surface area (Å²) in [6.45, 7) is 21.5. The van der Waals surface area contributed by atoms with E-state index in [1.807, 2.05) is 66.7 Å². The van der Waals surface area contributed by atoms with Crippen LogP contribution in [0.1, 0.15) is 104 Å². The van der Waals surface area contributed by atoms with Crippen molar-refractivity contribution in [3.8, 4) is 0 Å². The van der Waals surface area contributed by atoms with Gasteiger partial charge in [-0.2, -0.15) is 0 Å². The van der Waals surface area contributed by atoms with Gasteiger partial charge in [0.15, 0.2) is 0 Å². The quantitative estimate of drug-likeness (QED) is 0.421. The van der Waals surface area contributed by atoms with Crippen LogP contribution in [0, 0.1) is 19.8 Å². The molecule has 7 heteroatoms. The lowest BCUT2D eigenvalue weighted by molar-refractivity contribution is -0.144. The summed E-state index contributed by atoms with van der Waals surface area (Å²) >= 11 is 0. The van der Waals surface area contributed by atoms with Crippen molar-refractivity contribution < 1.29 is 19.1 Å². The first-order valence-corrected chi connectivity index (χ1v) is 13.2. The summed E-state index contributed by atoms with van der Waals surface area (Å²) in [7, 11) is 0. The van der Waals surface area contributed by atoms with Gasteiger partial charge >= 0.3 is 6.09 Å². The number of benzene rings is 1. The molecular formula is C29H49N3O4.